The molecular formula is C20H23N3O3. The Bertz CT molecular complexity index is 842. The molecule has 1 atom stereocenters. The monoisotopic (exact) mass is 353 g/mol. The van der Waals surface area contributed by atoms with Gasteiger partial charge in [-0.3, -0.25) is 14.8 Å². The van der Waals surface area contributed by atoms with Gasteiger partial charge in [-0.25, -0.2) is 4.79 Å². The number of carbonyl (C=O) groups is 2. The molecule has 26 heavy (non-hydrogen) atoms. The number of aromatic nitrogens is 2. The van der Waals surface area contributed by atoms with Crippen molar-refractivity contribution in [2.75, 3.05) is 6.54 Å². The molecule has 0 spiro atoms. The van der Waals surface area contributed by atoms with Gasteiger partial charge < -0.3 is 10.0 Å². The lowest BCUT2D eigenvalue weighted by atomic mass is 9.93. The van der Waals surface area contributed by atoms with E-state index in [1.807, 2.05) is 37.8 Å². The first kappa shape index (κ1) is 18.0. The van der Waals surface area contributed by atoms with E-state index in [4.69, 9.17) is 5.11 Å². The number of nitrogens with zero attached hydrogens (tertiary/aromatic N) is 3. The molecule has 1 fully saturated rings. The fourth-order valence-corrected chi connectivity index (χ4v) is 3.30. The van der Waals surface area contributed by atoms with E-state index in [0.717, 1.165) is 24.9 Å². The van der Waals surface area contributed by atoms with Gasteiger partial charge in [0.05, 0.1) is 17.3 Å². The SMILES string of the molecule is CC(C)(C)C(=O)N1CCCC1c1ccnc(-c2cncc(C(=O)O)c2)c1. The zero-order valence-corrected chi connectivity index (χ0v) is 15.3. The molecule has 0 radical (unpaired) electrons. The zero-order chi connectivity index (χ0) is 18.9. The Hall–Kier alpha value is -2.76. The molecule has 0 saturated carbocycles. The molecule has 2 aromatic heterocycles. The Labute approximate surface area is 152 Å². The molecule has 1 saturated heterocycles. The maximum atomic E-state index is 12.8. The molecule has 0 aromatic carbocycles. The Morgan fingerprint density at radius 1 is 1.23 bits per heavy atom. The maximum absolute atomic E-state index is 12.8. The highest BCUT2D eigenvalue weighted by Crippen LogP contribution is 2.36. The lowest BCUT2D eigenvalue weighted by Gasteiger charge is -2.31. The summed E-state index contributed by atoms with van der Waals surface area (Å²) in [4.78, 5) is 34.2. The van der Waals surface area contributed by atoms with Gasteiger partial charge in [0, 0.05) is 36.1 Å². The average molecular weight is 353 g/mol. The van der Waals surface area contributed by atoms with Crippen molar-refractivity contribution < 1.29 is 14.7 Å². The Morgan fingerprint density at radius 2 is 2.00 bits per heavy atom. The second-order valence-corrected chi connectivity index (χ2v) is 7.65. The van der Waals surface area contributed by atoms with Crippen molar-refractivity contribution in [1.29, 1.82) is 0 Å². The summed E-state index contributed by atoms with van der Waals surface area (Å²) in [6.07, 6.45) is 6.51. The number of aromatic carboxylic acids is 1. The standard InChI is InChI=1S/C20H23N3O3/c1-20(2,3)19(26)23-8-4-5-17(23)13-6-7-22-16(10-13)14-9-15(18(24)25)12-21-11-14/h6-7,9-12,17H,4-5,8H2,1-3H3,(H,24,25). The van der Waals surface area contributed by atoms with Crippen molar-refractivity contribution in [2.45, 2.75) is 39.7 Å². The Morgan fingerprint density at radius 3 is 2.69 bits per heavy atom. The van der Waals surface area contributed by atoms with E-state index in [2.05, 4.69) is 9.97 Å². The third kappa shape index (κ3) is 3.59. The lowest BCUT2D eigenvalue weighted by molar-refractivity contribution is -0.140. The second-order valence-electron chi connectivity index (χ2n) is 7.65. The van der Waals surface area contributed by atoms with E-state index in [-0.39, 0.29) is 17.5 Å². The second kappa shape index (κ2) is 6.86. The summed E-state index contributed by atoms with van der Waals surface area (Å²) in [5, 5.41) is 9.15. The minimum atomic E-state index is -1.02. The predicted molar refractivity (Wildman–Crippen MR) is 97.6 cm³/mol. The summed E-state index contributed by atoms with van der Waals surface area (Å²) in [6, 6.07) is 5.45. The normalized spacial score (nSPS) is 17.3. The molecule has 2 aromatic rings. The summed E-state index contributed by atoms with van der Waals surface area (Å²) in [5.74, 6) is -0.874. The van der Waals surface area contributed by atoms with E-state index in [1.165, 1.54) is 6.20 Å². The molecule has 0 aliphatic carbocycles. The van der Waals surface area contributed by atoms with E-state index < -0.39 is 11.4 Å². The lowest BCUT2D eigenvalue weighted by Crippen LogP contribution is -2.39. The minimum Gasteiger partial charge on any atom is -0.478 e. The van der Waals surface area contributed by atoms with Crippen molar-refractivity contribution in [3.63, 3.8) is 0 Å². The van der Waals surface area contributed by atoms with E-state index in [9.17, 15) is 9.59 Å². The van der Waals surface area contributed by atoms with Crippen LogP contribution in [0.5, 0.6) is 0 Å². The van der Waals surface area contributed by atoms with Gasteiger partial charge in [-0.2, -0.15) is 0 Å². The van der Waals surface area contributed by atoms with Crippen LogP contribution in [0.4, 0.5) is 0 Å². The first-order valence-electron chi connectivity index (χ1n) is 8.73. The fourth-order valence-electron chi connectivity index (χ4n) is 3.30. The van der Waals surface area contributed by atoms with Gasteiger partial charge >= 0.3 is 5.97 Å². The summed E-state index contributed by atoms with van der Waals surface area (Å²) < 4.78 is 0. The number of likely N-dealkylation sites (tertiary alicyclic amines) is 1. The molecule has 3 rings (SSSR count). The van der Waals surface area contributed by atoms with Crippen LogP contribution in [0.3, 0.4) is 0 Å². The number of hydrogen-bond donors (Lipinski definition) is 1. The highest BCUT2D eigenvalue weighted by atomic mass is 16.4. The van der Waals surface area contributed by atoms with Crippen molar-refractivity contribution in [3.05, 3.63) is 47.9 Å². The average Bonchev–Trinajstić information content (AvgIpc) is 3.10. The molecule has 6 heteroatoms. The first-order valence-corrected chi connectivity index (χ1v) is 8.73. The molecule has 136 valence electrons. The molecule has 1 unspecified atom stereocenters. The smallest absolute Gasteiger partial charge is 0.337 e. The summed E-state index contributed by atoms with van der Waals surface area (Å²) in [6.45, 7) is 6.57. The predicted octanol–water partition coefficient (Wildman–Crippen LogP) is 3.55. The maximum Gasteiger partial charge on any atom is 0.337 e. The van der Waals surface area contributed by atoms with Crippen LogP contribution in [0.2, 0.25) is 0 Å². The molecular weight excluding hydrogens is 330 g/mol. The van der Waals surface area contributed by atoms with Gasteiger partial charge in [0.1, 0.15) is 0 Å². The molecule has 0 bridgehead atoms. The minimum absolute atomic E-state index is 0.0269. The summed E-state index contributed by atoms with van der Waals surface area (Å²) in [7, 11) is 0. The molecule has 6 nitrogen and oxygen atoms in total. The van der Waals surface area contributed by atoms with E-state index in [0.29, 0.717) is 11.3 Å². The van der Waals surface area contributed by atoms with Crippen LogP contribution >= 0.6 is 0 Å². The van der Waals surface area contributed by atoms with Gasteiger partial charge in [0.2, 0.25) is 5.91 Å². The molecule has 1 N–H and O–H groups in total. The highest BCUT2D eigenvalue weighted by Gasteiger charge is 2.35. The van der Waals surface area contributed by atoms with E-state index >= 15 is 0 Å². The van der Waals surface area contributed by atoms with Crippen LogP contribution in [0.1, 0.15) is 55.6 Å². The summed E-state index contributed by atoms with van der Waals surface area (Å²) >= 11 is 0. The van der Waals surface area contributed by atoms with Crippen LogP contribution in [0.25, 0.3) is 11.3 Å². The number of carboxylic acid groups (broad SMARTS) is 1. The van der Waals surface area contributed by atoms with Crippen molar-refractivity contribution in [3.8, 4) is 11.3 Å². The van der Waals surface area contributed by atoms with E-state index in [1.54, 1.807) is 18.5 Å². The van der Waals surface area contributed by atoms with Crippen molar-refractivity contribution in [2.24, 2.45) is 5.41 Å². The first-order chi connectivity index (χ1) is 12.3. The number of amides is 1. The fraction of sp³-hybridized carbons (Fsp3) is 0.400. The van der Waals surface area contributed by atoms with Gasteiger partial charge in [-0.1, -0.05) is 20.8 Å². The number of hydrogen-bond acceptors (Lipinski definition) is 4. The summed E-state index contributed by atoms with van der Waals surface area (Å²) in [5.41, 5.74) is 2.04. The number of rotatable bonds is 3. The van der Waals surface area contributed by atoms with Gasteiger partial charge in [0.15, 0.2) is 0 Å². The topological polar surface area (TPSA) is 83.4 Å². The molecule has 3 heterocycles. The quantitative estimate of drug-likeness (QED) is 0.912. The van der Waals surface area contributed by atoms with Crippen LogP contribution in [-0.4, -0.2) is 38.4 Å². The molecule has 1 aliphatic rings. The zero-order valence-electron chi connectivity index (χ0n) is 15.3. The van der Waals surface area contributed by atoms with Crippen LogP contribution in [-0.2, 0) is 4.79 Å². The molecule has 1 aliphatic heterocycles. The van der Waals surface area contributed by atoms with Crippen LogP contribution in [0.15, 0.2) is 36.8 Å². The van der Waals surface area contributed by atoms with Gasteiger partial charge in [-0.15, -0.1) is 0 Å². The van der Waals surface area contributed by atoms with Crippen LogP contribution < -0.4 is 0 Å². The number of carboxylic acids is 1. The largest absolute Gasteiger partial charge is 0.478 e. The Kier molecular flexibility index (Phi) is 4.76. The third-order valence-corrected chi connectivity index (χ3v) is 4.60. The van der Waals surface area contributed by atoms with Crippen molar-refractivity contribution in [1.82, 2.24) is 14.9 Å². The number of pyridine rings is 2. The van der Waals surface area contributed by atoms with Gasteiger partial charge in [0.25, 0.3) is 0 Å². The number of carbonyl (C=O) groups excluding carboxylic acids is 1. The van der Waals surface area contributed by atoms with Crippen LogP contribution in [0, 0.1) is 5.41 Å². The Balaban J connectivity index is 1.93. The van der Waals surface area contributed by atoms with Gasteiger partial charge in [-0.05, 0) is 36.6 Å². The molecule has 1 amide bonds. The van der Waals surface area contributed by atoms with Crippen molar-refractivity contribution >= 4 is 11.9 Å². The third-order valence-electron chi connectivity index (χ3n) is 4.60. The highest BCUT2D eigenvalue weighted by molar-refractivity contribution is 5.88.